The Balaban J connectivity index is 2.01. The second kappa shape index (κ2) is 5.93. The number of nitrogens with one attached hydrogen (secondary N) is 2. The van der Waals surface area contributed by atoms with E-state index in [1.807, 2.05) is 6.92 Å². The fraction of sp³-hybridized carbons (Fsp3) is 0.500. The van der Waals surface area contributed by atoms with Crippen molar-refractivity contribution in [2.45, 2.75) is 26.3 Å². The van der Waals surface area contributed by atoms with Crippen molar-refractivity contribution >= 4 is 5.91 Å². The molecule has 1 heterocycles. The zero-order valence-electron chi connectivity index (χ0n) is 11.6. The third-order valence-electron chi connectivity index (χ3n) is 3.55. The lowest BCUT2D eigenvalue weighted by Gasteiger charge is -2.22. The van der Waals surface area contributed by atoms with Crippen molar-refractivity contribution in [1.29, 1.82) is 0 Å². The standard InChI is InChI=1S/C14H17F3N2O2/c1-13(6-7-18-9-13)12(20)19-8-10-4-2-3-5-11(10)21-14(15,16)17/h2-5,18H,6-9H2,1H3,(H,19,20). The molecule has 116 valence electrons. The van der Waals surface area contributed by atoms with E-state index in [1.165, 1.54) is 18.2 Å². The highest BCUT2D eigenvalue weighted by Crippen LogP contribution is 2.27. The largest absolute Gasteiger partial charge is 0.573 e. The number of ether oxygens (including phenoxy) is 1. The Morgan fingerprint density at radius 3 is 2.76 bits per heavy atom. The highest BCUT2D eigenvalue weighted by molar-refractivity contribution is 5.82. The van der Waals surface area contributed by atoms with Gasteiger partial charge in [-0.3, -0.25) is 4.79 Å². The van der Waals surface area contributed by atoms with Crippen molar-refractivity contribution in [3.63, 3.8) is 0 Å². The summed E-state index contributed by atoms with van der Waals surface area (Å²) in [6.45, 7) is 3.17. The van der Waals surface area contributed by atoms with Crippen molar-refractivity contribution < 1.29 is 22.7 Å². The van der Waals surface area contributed by atoms with Crippen LogP contribution >= 0.6 is 0 Å². The van der Waals surface area contributed by atoms with Crippen LogP contribution in [0.3, 0.4) is 0 Å². The topological polar surface area (TPSA) is 50.4 Å². The van der Waals surface area contributed by atoms with Gasteiger partial charge in [0.15, 0.2) is 0 Å². The van der Waals surface area contributed by atoms with Crippen LogP contribution in [0.15, 0.2) is 24.3 Å². The number of para-hydroxylation sites is 1. The predicted octanol–water partition coefficient (Wildman–Crippen LogP) is 2.20. The summed E-state index contributed by atoms with van der Waals surface area (Å²) in [6.07, 6.45) is -4.04. The lowest BCUT2D eigenvalue weighted by atomic mass is 9.89. The van der Waals surface area contributed by atoms with E-state index in [9.17, 15) is 18.0 Å². The second-order valence-electron chi connectivity index (χ2n) is 5.33. The maximum atomic E-state index is 12.3. The fourth-order valence-electron chi connectivity index (χ4n) is 2.27. The van der Waals surface area contributed by atoms with E-state index in [4.69, 9.17) is 0 Å². The normalized spacial score (nSPS) is 22.1. The number of amides is 1. The van der Waals surface area contributed by atoms with E-state index < -0.39 is 11.8 Å². The van der Waals surface area contributed by atoms with Gasteiger partial charge in [-0.2, -0.15) is 0 Å². The van der Waals surface area contributed by atoms with E-state index >= 15 is 0 Å². The lowest BCUT2D eigenvalue weighted by molar-refractivity contribution is -0.274. The summed E-state index contributed by atoms with van der Waals surface area (Å²) in [7, 11) is 0. The first-order valence-electron chi connectivity index (χ1n) is 6.63. The monoisotopic (exact) mass is 302 g/mol. The highest BCUT2D eigenvalue weighted by atomic mass is 19.4. The average molecular weight is 302 g/mol. The maximum Gasteiger partial charge on any atom is 0.573 e. The molecule has 0 saturated carbocycles. The quantitative estimate of drug-likeness (QED) is 0.896. The molecule has 1 saturated heterocycles. The first-order valence-corrected chi connectivity index (χ1v) is 6.63. The van der Waals surface area contributed by atoms with Crippen molar-refractivity contribution in [3.05, 3.63) is 29.8 Å². The first-order chi connectivity index (χ1) is 9.80. The molecule has 1 aromatic carbocycles. The SMILES string of the molecule is CC1(C(=O)NCc2ccccc2OC(F)(F)F)CCNC1. The molecule has 0 radical (unpaired) electrons. The van der Waals surface area contributed by atoms with Gasteiger partial charge in [0, 0.05) is 18.7 Å². The van der Waals surface area contributed by atoms with Gasteiger partial charge in [-0.05, 0) is 26.0 Å². The number of hydrogen-bond acceptors (Lipinski definition) is 3. The van der Waals surface area contributed by atoms with Crippen molar-refractivity contribution in [2.75, 3.05) is 13.1 Å². The molecular formula is C14H17F3N2O2. The molecule has 0 bridgehead atoms. The second-order valence-corrected chi connectivity index (χ2v) is 5.33. The summed E-state index contributed by atoms with van der Waals surface area (Å²) in [5.74, 6) is -0.464. The Morgan fingerprint density at radius 1 is 1.43 bits per heavy atom. The van der Waals surface area contributed by atoms with Crippen LogP contribution in [0.2, 0.25) is 0 Å². The Morgan fingerprint density at radius 2 is 2.14 bits per heavy atom. The fourth-order valence-corrected chi connectivity index (χ4v) is 2.27. The minimum absolute atomic E-state index is 0.000671. The molecule has 1 unspecified atom stereocenters. The van der Waals surface area contributed by atoms with Gasteiger partial charge in [0.2, 0.25) is 5.91 Å². The Hall–Kier alpha value is -1.76. The Labute approximate surface area is 120 Å². The van der Waals surface area contributed by atoms with Gasteiger partial charge in [0.1, 0.15) is 5.75 Å². The molecule has 1 amide bonds. The molecule has 21 heavy (non-hydrogen) atoms. The van der Waals surface area contributed by atoms with Crippen molar-refractivity contribution in [2.24, 2.45) is 5.41 Å². The summed E-state index contributed by atoms with van der Waals surface area (Å²) in [5, 5.41) is 5.78. The predicted molar refractivity (Wildman–Crippen MR) is 70.6 cm³/mol. The van der Waals surface area contributed by atoms with E-state index in [-0.39, 0.29) is 23.8 Å². The minimum atomic E-state index is -4.75. The molecule has 0 aromatic heterocycles. The lowest BCUT2D eigenvalue weighted by Crippen LogP contribution is -2.40. The molecule has 1 aliphatic heterocycles. The molecule has 1 aliphatic rings. The number of alkyl halides is 3. The van der Waals surface area contributed by atoms with Crippen LogP contribution in [0.1, 0.15) is 18.9 Å². The molecule has 1 fully saturated rings. The van der Waals surface area contributed by atoms with Crippen LogP contribution in [0.5, 0.6) is 5.75 Å². The van der Waals surface area contributed by atoms with Gasteiger partial charge < -0.3 is 15.4 Å². The number of halogens is 3. The maximum absolute atomic E-state index is 12.3. The molecule has 1 atom stereocenters. The Bertz CT molecular complexity index is 511. The van der Waals surface area contributed by atoms with Crippen molar-refractivity contribution in [3.8, 4) is 5.75 Å². The van der Waals surface area contributed by atoms with Gasteiger partial charge in [0.25, 0.3) is 0 Å². The molecule has 7 heteroatoms. The van der Waals surface area contributed by atoms with Gasteiger partial charge in [0.05, 0.1) is 5.41 Å². The number of carbonyl (C=O) groups is 1. The molecule has 1 aromatic rings. The van der Waals surface area contributed by atoms with E-state index in [0.717, 1.165) is 6.54 Å². The van der Waals surface area contributed by atoms with Crippen molar-refractivity contribution in [1.82, 2.24) is 10.6 Å². The number of rotatable bonds is 4. The summed E-state index contributed by atoms with van der Waals surface area (Å²) in [4.78, 5) is 12.1. The molecule has 0 aliphatic carbocycles. The summed E-state index contributed by atoms with van der Waals surface area (Å²) in [6, 6.07) is 5.78. The van der Waals surface area contributed by atoms with Gasteiger partial charge in [-0.25, -0.2) is 0 Å². The average Bonchev–Trinajstić information content (AvgIpc) is 2.84. The minimum Gasteiger partial charge on any atom is -0.405 e. The van der Waals surface area contributed by atoms with Crippen LogP contribution in [-0.2, 0) is 11.3 Å². The van der Waals surface area contributed by atoms with Crippen LogP contribution in [-0.4, -0.2) is 25.4 Å². The zero-order valence-corrected chi connectivity index (χ0v) is 11.6. The third-order valence-corrected chi connectivity index (χ3v) is 3.55. The smallest absolute Gasteiger partial charge is 0.405 e. The Kier molecular flexibility index (Phi) is 4.41. The van der Waals surface area contributed by atoms with Crippen LogP contribution in [0.4, 0.5) is 13.2 Å². The first kappa shape index (κ1) is 15.6. The molecule has 0 spiro atoms. The van der Waals surface area contributed by atoms with E-state index in [1.54, 1.807) is 6.07 Å². The molecule has 2 N–H and O–H groups in total. The molecule has 4 nitrogen and oxygen atoms in total. The van der Waals surface area contributed by atoms with Crippen LogP contribution in [0.25, 0.3) is 0 Å². The van der Waals surface area contributed by atoms with Gasteiger partial charge in [-0.15, -0.1) is 13.2 Å². The van der Waals surface area contributed by atoms with E-state index in [2.05, 4.69) is 15.4 Å². The van der Waals surface area contributed by atoms with Crippen LogP contribution < -0.4 is 15.4 Å². The number of carbonyl (C=O) groups excluding carboxylic acids is 1. The van der Waals surface area contributed by atoms with Gasteiger partial charge >= 0.3 is 6.36 Å². The number of benzene rings is 1. The van der Waals surface area contributed by atoms with E-state index in [0.29, 0.717) is 13.0 Å². The molecular weight excluding hydrogens is 285 g/mol. The summed E-state index contributed by atoms with van der Waals surface area (Å²) < 4.78 is 40.9. The third kappa shape index (κ3) is 4.10. The highest BCUT2D eigenvalue weighted by Gasteiger charge is 2.36. The summed E-state index contributed by atoms with van der Waals surface area (Å²) in [5.41, 5.74) is -0.224. The zero-order chi connectivity index (χ0) is 15.5. The number of hydrogen-bond donors (Lipinski definition) is 2. The molecule has 2 rings (SSSR count). The summed E-state index contributed by atoms with van der Waals surface area (Å²) >= 11 is 0. The van der Waals surface area contributed by atoms with Gasteiger partial charge in [-0.1, -0.05) is 18.2 Å². The van der Waals surface area contributed by atoms with Crippen LogP contribution in [0, 0.1) is 5.41 Å².